The van der Waals surface area contributed by atoms with Gasteiger partial charge in [-0.1, -0.05) is 26.0 Å². The van der Waals surface area contributed by atoms with Crippen LogP contribution in [0.25, 0.3) is 0 Å². The summed E-state index contributed by atoms with van der Waals surface area (Å²) in [5, 5.41) is 0. The molecule has 0 aliphatic heterocycles. The van der Waals surface area contributed by atoms with Gasteiger partial charge in [-0.25, -0.2) is 9.59 Å². The van der Waals surface area contributed by atoms with Crippen molar-refractivity contribution in [3.05, 3.63) is 24.3 Å². The second kappa shape index (κ2) is 14.6. The summed E-state index contributed by atoms with van der Waals surface area (Å²) in [7, 11) is 2.40. The van der Waals surface area contributed by atoms with Crippen LogP contribution in [0.2, 0.25) is 0 Å². The summed E-state index contributed by atoms with van der Waals surface area (Å²) in [6.45, 7) is 3.65. The minimum Gasteiger partial charge on any atom is -0.455 e. The van der Waals surface area contributed by atoms with Crippen molar-refractivity contribution in [2.45, 2.75) is 38.1 Å². The van der Waals surface area contributed by atoms with Crippen LogP contribution in [0, 0.1) is 0 Å². The Morgan fingerprint density at radius 1 is 0.633 bits per heavy atom. The highest BCUT2D eigenvalue weighted by molar-refractivity contribution is 6.62. The minimum atomic E-state index is -3.13. The molecular weight excluding hydrogens is 432 g/mol. The molecule has 0 aromatic rings. The lowest BCUT2D eigenvalue weighted by Gasteiger charge is -2.30. The maximum absolute atomic E-state index is 12.1. The van der Waals surface area contributed by atoms with Crippen LogP contribution in [0.1, 0.15) is 26.7 Å². The van der Waals surface area contributed by atoms with Crippen molar-refractivity contribution < 1.29 is 45.6 Å². The van der Waals surface area contributed by atoms with Crippen LogP contribution in [0.5, 0.6) is 0 Å². The van der Waals surface area contributed by atoms with E-state index in [1.165, 1.54) is 67.0 Å². The molecule has 0 heterocycles. The van der Waals surface area contributed by atoms with Crippen LogP contribution in [-0.4, -0.2) is 83.7 Å². The lowest BCUT2D eigenvalue weighted by molar-refractivity contribution is -0.143. The first kappa shape index (κ1) is 28.6. The van der Waals surface area contributed by atoms with Gasteiger partial charge in [0.05, 0.1) is 0 Å². The molecule has 0 saturated heterocycles. The third-order valence-electron chi connectivity index (χ3n) is 4.33. The van der Waals surface area contributed by atoms with Gasteiger partial charge in [-0.3, -0.25) is 0 Å². The first-order valence-corrected chi connectivity index (χ1v) is 13.0. The molecule has 30 heavy (non-hydrogen) atoms. The van der Waals surface area contributed by atoms with Gasteiger partial charge in [0.2, 0.25) is 0 Å². The van der Waals surface area contributed by atoms with Crippen molar-refractivity contribution in [3.8, 4) is 0 Å². The molecule has 0 rings (SSSR count). The molecule has 0 aromatic carbocycles. The first-order chi connectivity index (χ1) is 14.3. The quantitative estimate of drug-likeness (QED) is 0.153. The van der Waals surface area contributed by atoms with Crippen molar-refractivity contribution in [3.63, 3.8) is 0 Å². The summed E-state index contributed by atoms with van der Waals surface area (Å²) in [6.07, 6.45) is 5.96. The maximum atomic E-state index is 12.1. The van der Waals surface area contributed by atoms with E-state index in [0.717, 1.165) is 0 Å². The van der Waals surface area contributed by atoms with E-state index >= 15 is 0 Å². The van der Waals surface area contributed by atoms with E-state index in [2.05, 4.69) is 0 Å². The molecule has 0 fully saturated rings. The molecule has 0 aliphatic carbocycles. The van der Waals surface area contributed by atoms with E-state index in [4.69, 9.17) is 36.0 Å². The van der Waals surface area contributed by atoms with Crippen molar-refractivity contribution in [1.29, 1.82) is 0 Å². The van der Waals surface area contributed by atoms with Gasteiger partial charge in [0.1, 0.15) is 0 Å². The fourth-order valence-electron chi connectivity index (χ4n) is 2.73. The number of hydrogen-bond acceptors (Lipinski definition) is 10. The van der Waals surface area contributed by atoms with Gasteiger partial charge < -0.3 is 36.0 Å². The Hall–Kier alpha value is -1.39. The minimum absolute atomic E-state index is 0.450. The Bertz CT molecular complexity index is 507. The number of carbonyl (C=O) groups is 2. The van der Waals surface area contributed by atoms with E-state index in [1.54, 1.807) is 0 Å². The Kier molecular flexibility index (Phi) is 13.9. The molecule has 0 radical (unpaired) electrons. The third-order valence-corrected chi connectivity index (χ3v) is 10.4. The van der Waals surface area contributed by atoms with Crippen LogP contribution < -0.4 is 0 Å². The molecular formula is C18H34O10Si2. The van der Waals surface area contributed by atoms with Gasteiger partial charge in [-0.2, -0.15) is 0 Å². The highest BCUT2D eigenvalue weighted by Gasteiger charge is 2.50. The van der Waals surface area contributed by atoms with E-state index in [9.17, 15) is 9.59 Å². The molecule has 0 N–H and O–H groups in total. The topological polar surface area (TPSA) is 108 Å². The second-order valence-corrected chi connectivity index (χ2v) is 12.0. The largest absolute Gasteiger partial charge is 0.543 e. The van der Waals surface area contributed by atoms with Gasteiger partial charge in [0, 0.05) is 54.8 Å². The lowest BCUT2D eigenvalue weighted by Crippen LogP contribution is -2.55. The zero-order valence-corrected chi connectivity index (χ0v) is 21.0. The fraction of sp³-hybridized carbons (Fsp3) is 0.667. The monoisotopic (exact) mass is 466 g/mol. The van der Waals surface area contributed by atoms with Crippen LogP contribution in [-0.2, 0) is 45.6 Å². The summed E-state index contributed by atoms with van der Waals surface area (Å²) in [5.41, 5.74) is -1.33. The van der Waals surface area contributed by atoms with Gasteiger partial charge in [0.25, 0.3) is 0 Å². The van der Waals surface area contributed by atoms with Crippen LogP contribution in [0.15, 0.2) is 24.3 Å². The Morgan fingerprint density at radius 2 is 0.900 bits per heavy atom. The highest BCUT2D eigenvalue weighted by Crippen LogP contribution is 2.19. The number of esters is 2. The molecule has 0 aromatic heterocycles. The van der Waals surface area contributed by atoms with E-state index in [-0.39, 0.29) is 0 Å². The smallest absolute Gasteiger partial charge is 0.455 e. The number of carbonyl (C=O) groups excluding carboxylic acids is 2. The molecule has 0 bridgehead atoms. The number of hydrogen-bond donors (Lipinski definition) is 0. The molecule has 0 saturated carbocycles. The van der Waals surface area contributed by atoms with Crippen LogP contribution >= 0.6 is 0 Å². The second-order valence-electron chi connectivity index (χ2n) is 5.82. The molecule has 12 heteroatoms. The zero-order chi connectivity index (χ0) is 23.2. The average Bonchev–Trinajstić information content (AvgIpc) is 2.77. The number of rotatable bonds is 15. The van der Waals surface area contributed by atoms with Crippen LogP contribution in [0.4, 0.5) is 0 Å². The molecule has 0 spiro atoms. The Labute approximate surface area is 180 Å². The van der Waals surface area contributed by atoms with Crippen LogP contribution in [0.3, 0.4) is 0 Å². The average molecular weight is 467 g/mol. The summed E-state index contributed by atoms with van der Waals surface area (Å²) in [6, 6.07) is 0. The van der Waals surface area contributed by atoms with Crippen molar-refractivity contribution in [1.82, 2.24) is 0 Å². The van der Waals surface area contributed by atoms with Gasteiger partial charge in [0.15, 0.2) is 11.5 Å². The van der Waals surface area contributed by atoms with Crippen molar-refractivity contribution in [2.75, 3.05) is 42.7 Å². The molecule has 10 nitrogen and oxygen atoms in total. The number of ether oxygens (including phenoxy) is 2. The normalized spacial score (nSPS) is 14.8. The third kappa shape index (κ3) is 7.70. The molecule has 0 aliphatic rings. The molecule has 2 unspecified atom stereocenters. The Balaban J connectivity index is 4.94. The van der Waals surface area contributed by atoms with E-state index < -0.39 is 41.0 Å². The Morgan fingerprint density at radius 3 is 1.10 bits per heavy atom. The van der Waals surface area contributed by atoms with Gasteiger partial charge in [-0.05, 0) is 12.8 Å². The SMILES string of the molecule is CCC(OC(=O)/C=C\C=C/C(=O)OC(CC)[Si](OC)(OC)OC)[Si](OC)(OC)OC. The van der Waals surface area contributed by atoms with E-state index in [0.29, 0.717) is 12.8 Å². The fourth-order valence-corrected chi connectivity index (χ4v) is 6.83. The molecule has 174 valence electrons. The molecule has 2 atom stereocenters. The van der Waals surface area contributed by atoms with Crippen molar-refractivity contribution >= 4 is 29.5 Å². The highest BCUT2D eigenvalue weighted by atomic mass is 28.4. The van der Waals surface area contributed by atoms with Crippen molar-refractivity contribution in [2.24, 2.45) is 0 Å². The zero-order valence-electron chi connectivity index (χ0n) is 19.0. The predicted molar refractivity (Wildman–Crippen MR) is 112 cm³/mol. The van der Waals surface area contributed by atoms with Gasteiger partial charge in [-0.15, -0.1) is 0 Å². The summed E-state index contributed by atoms with van der Waals surface area (Å²) in [5.74, 6) is -1.25. The first-order valence-electron chi connectivity index (χ1n) is 9.35. The number of allylic oxidation sites excluding steroid dienone is 2. The summed E-state index contributed by atoms with van der Waals surface area (Å²) >= 11 is 0. The lowest BCUT2D eigenvalue weighted by atomic mass is 10.4. The standard InChI is InChI=1S/C18H34O10Si2/c1-9-17(29(21-3,22-4)23-5)27-15(19)13-11-12-14-16(20)28-18(10-2)30(24-6,25-7)26-8/h11-14,17-18H,9-10H2,1-8H3/b13-11-,14-12-. The molecule has 0 amide bonds. The predicted octanol–water partition coefficient (Wildman–Crippen LogP) is 1.58. The summed E-state index contributed by atoms with van der Waals surface area (Å²) in [4.78, 5) is 24.2. The van der Waals surface area contributed by atoms with Gasteiger partial charge >= 0.3 is 29.5 Å². The summed E-state index contributed by atoms with van der Waals surface area (Å²) < 4.78 is 42.8. The maximum Gasteiger partial charge on any atom is 0.543 e. The van der Waals surface area contributed by atoms with E-state index in [1.807, 2.05) is 13.8 Å².